The number of amides is 3. The van der Waals surface area contributed by atoms with E-state index >= 15 is 0 Å². The Bertz CT molecular complexity index is 814. The van der Waals surface area contributed by atoms with Crippen LogP contribution in [0.25, 0.3) is 0 Å². The van der Waals surface area contributed by atoms with Gasteiger partial charge in [0.15, 0.2) is 6.61 Å². The Hall–Kier alpha value is -3.30. The molecule has 1 aliphatic carbocycles. The van der Waals surface area contributed by atoms with Crippen molar-refractivity contribution in [2.24, 2.45) is 11.8 Å². The molecule has 1 heterocycles. The van der Waals surface area contributed by atoms with Gasteiger partial charge < -0.3 is 10.1 Å². The zero-order chi connectivity index (χ0) is 20.3. The highest BCUT2D eigenvalue weighted by molar-refractivity contribution is 6.07. The van der Waals surface area contributed by atoms with Gasteiger partial charge in [0.2, 0.25) is 11.8 Å². The summed E-state index contributed by atoms with van der Waals surface area (Å²) < 4.78 is 4.82. The standard InChI is InChI=1S/C18H19N3O7/c22-15(19-13-7-3-4-8-14(13)21(26)27)10-28-16(23)9-20-17(24)11-5-1-2-6-12(11)18(20)25/h3-4,7-8,11-12H,1-2,5-6,9-10H2,(H,19,22). The summed E-state index contributed by atoms with van der Waals surface area (Å²) in [4.78, 5) is 59.7. The van der Waals surface area contributed by atoms with E-state index in [4.69, 9.17) is 4.74 Å². The molecule has 3 amide bonds. The number of carbonyl (C=O) groups is 4. The van der Waals surface area contributed by atoms with Gasteiger partial charge in [-0.05, 0) is 18.9 Å². The van der Waals surface area contributed by atoms with Crippen LogP contribution in [0, 0.1) is 22.0 Å². The summed E-state index contributed by atoms with van der Waals surface area (Å²) in [7, 11) is 0. The molecule has 1 saturated carbocycles. The SMILES string of the molecule is O=C(COC(=O)CN1C(=O)C2CCCCC2C1=O)Nc1ccccc1[N+](=O)[O-]. The Labute approximate surface area is 160 Å². The number of rotatable bonds is 6. The lowest BCUT2D eigenvalue weighted by molar-refractivity contribution is -0.383. The molecule has 1 aliphatic heterocycles. The summed E-state index contributed by atoms with van der Waals surface area (Å²) in [5.41, 5.74) is -0.319. The second kappa shape index (κ2) is 8.15. The quantitative estimate of drug-likeness (QED) is 0.335. The van der Waals surface area contributed by atoms with Gasteiger partial charge in [-0.15, -0.1) is 0 Å². The predicted octanol–water partition coefficient (Wildman–Crippen LogP) is 1.25. The van der Waals surface area contributed by atoms with E-state index in [2.05, 4.69) is 5.32 Å². The number of nitro groups is 1. The van der Waals surface area contributed by atoms with E-state index in [-0.39, 0.29) is 35.0 Å². The lowest BCUT2D eigenvalue weighted by atomic mass is 9.81. The minimum Gasteiger partial charge on any atom is -0.454 e. The van der Waals surface area contributed by atoms with Crippen molar-refractivity contribution in [1.82, 2.24) is 4.90 Å². The van der Waals surface area contributed by atoms with E-state index in [0.29, 0.717) is 12.8 Å². The molecule has 0 spiro atoms. The number of likely N-dealkylation sites (tertiary alicyclic amines) is 1. The number of anilines is 1. The van der Waals surface area contributed by atoms with Crippen LogP contribution in [0.4, 0.5) is 11.4 Å². The summed E-state index contributed by atoms with van der Waals surface area (Å²) in [5, 5.41) is 13.2. The van der Waals surface area contributed by atoms with E-state index in [9.17, 15) is 29.3 Å². The number of fused-ring (bicyclic) bond motifs is 1. The molecule has 2 fully saturated rings. The van der Waals surface area contributed by atoms with Crippen LogP contribution in [0.3, 0.4) is 0 Å². The molecule has 2 aliphatic rings. The van der Waals surface area contributed by atoms with Crippen molar-refractivity contribution in [2.75, 3.05) is 18.5 Å². The van der Waals surface area contributed by atoms with Gasteiger partial charge in [0.05, 0.1) is 16.8 Å². The van der Waals surface area contributed by atoms with Crippen molar-refractivity contribution >= 4 is 35.1 Å². The maximum atomic E-state index is 12.3. The molecule has 1 aromatic rings. The van der Waals surface area contributed by atoms with Crippen molar-refractivity contribution in [3.05, 3.63) is 34.4 Å². The zero-order valence-corrected chi connectivity index (χ0v) is 15.0. The van der Waals surface area contributed by atoms with Crippen LogP contribution in [0.2, 0.25) is 0 Å². The topological polar surface area (TPSA) is 136 Å². The summed E-state index contributed by atoms with van der Waals surface area (Å²) in [5.74, 6) is -3.12. The number of hydrogen-bond donors (Lipinski definition) is 1. The molecule has 0 bridgehead atoms. The van der Waals surface area contributed by atoms with Crippen molar-refractivity contribution < 1.29 is 28.8 Å². The van der Waals surface area contributed by atoms with E-state index in [1.165, 1.54) is 24.3 Å². The number of para-hydroxylation sites is 2. The highest BCUT2D eigenvalue weighted by atomic mass is 16.6. The molecule has 28 heavy (non-hydrogen) atoms. The largest absolute Gasteiger partial charge is 0.454 e. The first-order chi connectivity index (χ1) is 13.4. The number of hydrogen-bond acceptors (Lipinski definition) is 7. The van der Waals surface area contributed by atoms with E-state index in [1.54, 1.807) is 0 Å². The van der Waals surface area contributed by atoms with Crippen LogP contribution >= 0.6 is 0 Å². The summed E-state index contributed by atoms with van der Waals surface area (Å²) >= 11 is 0. The Kier molecular flexibility index (Phi) is 5.67. The van der Waals surface area contributed by atoms with E-state index < -0.39 is 30.0 Å². The predicted molar refractivity (Wildman–Crippen MR) is 94.9 cm³/mol. The fourth-order valence-electron chi connectivity index (χ4n) is 3.63. The number of esters is 1. The second-order valence-corrected chi connectivity index (χ2v) is 6.74. The van der Waals surface area contributed by atoms with E-state index in [0.717, 1.165) is 17.7 Å². The van der Waals surface area contributed by atoms with Gasteiger partial charge in [-0.3, -0.25) is 34.2 Å². The minimum atomic E-state index is -0.891. The summed E-state index contributed by atoms with van der Waals surface area (Å²) in [6.07, 6.45) is 3.03. The number of nitrogens with zero attached hydrogens (tertiary/aromatic N) is 2. The average Bonchev–Trinajstić information content (AvgIpc) is 2.92. The number of imide groups is 1. The first kappa shape index (κ1) is 19.5. The van der Waals surface area contributed by atoms with Gasteiger partial charge in [0.25, 0.3) is 11.6 Å². The fraction of sp³-hybridized carbons (Fsp3) is 0.444. The van der Waals surface area contributed by atoms with Crippen molar-refractivity contribution in [3.8, 4) is 0 Å². The molecule has 2 unspecified atom stereocenters. The average molecular weight is 389 g/mol. The van der Waals surface area contributed by atoms with Crippen LogP contribution in [0.5, 0.6) is 0 Å². The smallest absolute Gasteiger partial charge is 0.326 e. The third-order valence-corrected chi connectivity index (χ3v) is 4.96. The Morgan fingerprint density at radius 1 is 1.14 bits per heavy atom. The molecule has 1 N–H and O–H groups in total. The number of carbonyl (C=O) groups excluding carboxylic acids is 4. The van der Waals surface area contributed by atoms with Gasteiger partial charge in [0.1, 0.15) is 12.2 Å². The molecule has 0 radical (unpaired) electrons. The van der Waals surface area contributed by atoms with Crippen LogP contribution < -0.4 is 5.32 Å². The highest BCUT2D eigenvalue weighted by Gasteiger charge is 2.48. The molecule has 2 atom stereocenters. The Balaban J connectivity index is 1.52. The first-order valence-corrected chi connectivity index (χ1v) is 8.92. The third kappa shape index (κ3) is 4.00. The van der Waals surface area contributed by atoms with Crippen molar-refractivity contribution in [3.63, 3.8) is 0 Å². The maximum absolute atomic E-state index is 12.3. The molecule has 1 aromatic carbocycles. The maximum Gasteiger partial charge on any atom is 0.326 e. The number of benzene rings is 1. The molecule has 10 heteroatoms. The van der Waals surface area contributed by atoms with Gasteiger partial charge in [0, 0.05) is 6.07 Å². The van der Waals surface area contributed by atoms with Crippen LogP contribution in [0.1, 0.15) is 25.7 Å². The normalized spacial score (nSPS) is 21.2. The van der Waals surface area contributed by atoms with Gasteiger partial charge >= 0.3 is 5.97 Å². The monoisotopic (exact) mass is 389 g/mol. The third-order valence-electron chi connectivity index (χ3n) is 4.96. The molecule has 1 saturated heterocycles. The number of ether oxygens (including phenoxy) is 1. The van der Waals surface area contributed by atoms with Crippen molar-refractivity contribution in [2.45, 2.75) is 25.7 Å². The van der Waals surface area contributed by atoms with E-state index in [1.807, 2.05) is 0 Å². The van der Waals surface area contributed by atoms with Crippen molar-refractivity contribution in [1.29, 1.82) is 0 Å². The zero-order valence-electron chi connectivity index (χ0n) is 15.0. The minimum absolute atomic E-state index is 0.0254. The fourth-order valence-corrected chi connectivity index (χ4v) is 3.63. The van der Waals surface area contributed by atoms with Crippen LogP contribution in [-0.4, -0.2) is 46.7 Å². The van der Waals surface area contributed by atoms with Crippen LogP contribution in [0.15, 0.2) is 24.3 Å². The highest BCUT2D eigenvalue weighted by Crippen LogP contribution is 2.37. The summed E-state index contributed by atoms with van der Waals surface area (Å²) in [6, 6.07) is 5.54. The molecular formula is C18H19N3O7. The van der Waals surface area contributed by atoms with Gasteiger partial charge in [-0.25, -0.2) is 0 Å². The first-order valence-electron chi connectivity index (χ1n) is 8.92. The molecular weight excluding hydrogens is 370 g/mol. The van der Waals surface area contributed by atoms with Gasteiger partial charge in [-0.1, -0.05) is 25.0 Å². The second-order valence-electron chi connectivity index (χ2n) is 6.74. The molecule has 3 rings (SSSR count). The molecule has 148 valence electrons. The Morgan fingerprint density at radius 2 is 1.75 bits per heavy atom. The van der Waals surface area contributed by atoms with Crippen LogP contribution in [-0.2, 0) is 23.9 Å². The lowest BCUT2D eigenvalue weighted by Crippen LogP contribution is -2.37. The number of nitrogens with one attached hydrogen (secondary N) is 1. The summed E-state index contributed by atoms with van der Waals surface area (Å²) in [6.45, 7) is -1.22. The Morgan fingerprint density at radius 3 is 2.36 bits per heavy atom. The number of nitro benzene ring substituents is 1. The lowest BCUT2D eigenvalue weighted by Gasteiger charge is -2.19. The molecule has 10 nitrogen and oxygen atoms in total. The van der Waals surface area contributed by atoms with Gasteiger partial charge in [-0.2, -0.15) is 0 Å². The molecule has 0 aromatic heterocycles.